The molecule has 1 N–H and O–H groups in total. The van der Waals surface area contributed by atoms with Gasteiger partial charge in [-0.05, 0) is 12.8 Å². The van der Waals surface area contributed by atoms with Crippen molar-refractivity contribution in [1.29, 1.82) is 0 Å². The average molecular weight is 259 g/mol. The molecule has 0 aromatic carbocycles. The number of hydrogen-bond acceptors (Lipinski definition) is 4. The average Bonchev–Trinajstić information content (AvgIpc) is 2.34. The SMILES string of the molecule is COC(=O)C(CSC1CCCCC1)NC(C)C. The van der Waals surface area contributed by atoms with Crippen LogP contribution in [0.3, 0.4) is 0 Å². The number of thioether (sulfide) groups is 1. The van der Waals surface area contributed by atoms with Gasteiger partial charge in [-0.15, -0.1) is 0 Å². The third-order valence-electron chi connectivity index (χ3n) is 3.07. The van der Waals surface area contributed by atoms with E-state index in [1.165, 1.54) is 39.2 Å². The molecule has 100 valence electrons. The number of nitrogens with one attached hydrogen (secondary N) is 1. The zero-order valence-electron chi connectivity index (χ0n) is 11.2. The summed E-state index contributed by atoms with van der Waals surface area (Å²) in [6.07, 6.45) is 6.68. The lowest BCUT2D eigenvalue weighted by Crippen LogP contribution is -2.43. The van der Waals surface area contributed by atoms with Crippen molar-refractivity contribution in [3.8, 4) is 0 Å². The summed E-state index contributed by atoms with van der Waals surface area (Å²) in [5, 5.41) is 4.02. The fourth-order valence-electron chi connectivity index (χ4n) is 2.19. The van der Waals surface area contributed by atoms with E-state index in [1.807, 2.05) is 11.8 Å². The fraction of sp³-hybridized carbons (Fsp3) is 0.923. The smallest absolute Gasteiger partial charge is 0.323 e. The second-order valence-corrected chi connectivity index (χ2v) is 6.32. The number of methoxy groups -OCH3 is 1. The summed E-state index contributed by atoms with van der Waals surface area (Å²) < 4.78 is 4.84. The van der Waals surface area contributed by atoms with Gasteiger partial charge in [0.2, 0.25) is 0 Å². The van der Waals surface area contributed by atoms with Crippen molar-refractivity contribution >= 4 is 17.7 Å². The summed E-state index contributed by atoms with van der Waals surface area (Å²) >= 11 is 1.93. The molecule has 0 aromatic heterocycles. The summed E-state index contributed by atoms with van der Waals surface area (Å²) in [7, 11) is 1.46. The van der Waals surface area contributed by atoms with Crippen LogP contribution < -0.4 is 5.32 Å². The van der Waals surface area contributed by atoms with E-state index in [9.17, 15) is 4.79 Å². The first-order chi connectivity index (χ1) is 8.13. The van der Waals surface area contributed by atoms with E-state index in [0.717, 1.165) is 11.0 Å². The van der Waals surface area contributed by atoms with Crippen molar-refractivity contribution in [1.82, 2.24) is 5.32 Å². The van der Waals surface area contributed by atoms with Crippen molar-refractivity contribution in [3.63, 3.8) is 0 Å². The van der Waals surface area contributed by atoms with Gasteiger partial charge in [0, 0.05) is 17.0 Å². The van der Waals surface area contributed by atoms with Crippen molar-refractivity contribution in [2.75, 3.05) is 12.9 Å². The van der Waals surface area contributed by atoms with Gasteiger partial charge in [-0.1, -0.05) is 33.1 Å². The minimum Gasteiger partial charge on any atom is -0.468 e. The molecule has 0 spiro atoms. The zero-order chi connectivity index (χ0) is 12.7. The third-order valence-corrected chi connectivity index (χ3v) is 4.54. The molecule has 1 atom stereocenters. The van der Waals surface area contributed by atoms with E-state index in [-0.39, 0.29) is 12.0 Å². The first kappa shape index (κ1) is 14.8. The number of carbonyl (C=O) groups is 1. The summed E-state index contributed by atoms with van der Waals surface area (Å²) in [5.41, 5.74) is 0. The van der Waals surface area contributed by atoms with E-state index in [4.69, 9.17) is 4.74 Å². The Bertz CT molecular complexity index is 227. The van der Waals surface area contributed by atoms with Gasteiger partial charge in [0.25, 0.3) is 0 Å². The van der Waals surface area contributed by atoms with Gasteiger partial charge >= 0.3 is 5.97 Å². The van der Waals surface area contributed by atoms with Crippen LogP contribution in [-0.4, -0.2) is 36.2 Å². The second-order valence-electron chi connectivity index (χ2n) is 4.99. The Kier molecular flexibility index (Phi) is 6.97. The molecule has 1 saturated carbocycles. The van der Waals surface area contributed by atoms with E-state index < -0.39 is 0 Å². The molecule has 0 bridgehead atoms. The highest BCUT2D eigenvalue weighted by Gasteiger charge is 2.22. The molecule has 17 heavy (non-hydrogen) atoms. The molecule has 1 fully saturated rings. The maximum Gasteiger partial charge on any atom is 0.323 e. The zero-order valence-corrected chi connectivity index (χ0v) is 12.0. The van der Waals surface area contributed by atoms with Crippen molar-refractivity contribution in [2.24, 2.45) is 0 Å². The molecule has 0 heterocycles. The highest BCUT2D eigenvalue weighted by Crippen LogP contribution is 2.28. The first-order valence-corrected chi connectivity index (χ1v) is 7.64. The van der Waals surface area contributed by atoms with Crippen LogP contribution in [0.2, 0.25) is 0 Å². The van der Waals surface area contributed by atoms with Crippen LogP contribution in [0.4, 0.5) is 0 Å². The van der Waals surface area contributed by atoms with Crippen molar-refractivity contribution < 1.29 is 9.53 Å². The lowest BCUT2D eigenvalue weighted by atomic mass is 10.0. The van der Waals surface area contributed by atoms with Crippen molar-refractivity contribution in [3.05, 3.63) is 0 Å². The minimum absolute atomic E-state index is 0.137. The summed E-state index contributed by atoms with van der Waals surface area (Å²) in [6.45, 7) is 4.11. The molecule has 1 aliphatic carbocycles. The van der Waals surface area contributed by atoms with Gasteiger partial charge in [-0.2, -0.15) is 11.8 Å². The van der Waals surface area contributed by atoms with E-state index in [0.29, 0.717) is 6.04 Å². The highest BCUT2D eigenvalue weighted by molar-refractivity contribution is 7.99. The van der Waals surface area contributed by atoms with Gasteiger partial charge in [-0.25, -0.2) is 0 Å². The predicted molar refractivity (Wildman–Crippen MR) is 73.4 cm³/mol. The fourth-order valence-corrected chi connectivity index (χ4v) is 3.56. The largest absolute Gasteiger partial charge is 0.468 e. The predicted octanol–water partition coefficient (Wildman–Crippen LogP) is 2.59. The van der Waals surface area contributed by atoms with Crippen molar-refractivity contribution in [2.45, 2.75) is 63.3 Å². The Balaban J connectivity index is 2.34. The van der Waals surface area contributed by atoms with Crippen LogP contribution in [0.5, 0.6) is 0 Å². The number of hydrogen-bond donors (Lipinski definition) is 1. The van der Waals surface area contributed by atoms with Crippen LogP contribution in [-0.2, 0) is 9.53 Å². The van der Waals surface area contributed by atoms with Gasteiger partial charge in [0.15, 0.2) is 0 Å². The molecule has 1 rings (SSSR count). The Morgan fingerprint density at radius 1 is 1.35 bits per heavy atom. The first-order valence-electron chi connectivity index (χ1n) is 6.59. The summed E-state index contributed by atoms with van der Waals surface area (Å²) in [6, 6.07) is 0.151. The van der Waals surface area contributed by atoms with Crippen LogP contribution >= 0.6 is 11.8 Å². The second kappa shape index (κ2) is 7.98. The molecule has 3 nitrogen and oxygen atoms in total. The van der Waals surface area contributed by atoms with Gasteiger partial charge in [0.05, 0.1) is 7.11 Å². The molecular weight excluding hydrogens is 234 g/mol. The monoisotopic (exact) mass is 259 g/mol. The number of esters is 1. The third kappa shape index (κ3) is 5.77. The molecular formula is C13H25NO2S. The van der Waals surface area contributed by atoms with E-state index in [1.54, 1.807) is 0 Å². The Hall–Kier alpha value is -0.220. The van der Waals surface area contributed by atoms with Crippen LogP contribution in [0.25, 0.3) is 0 Å². The van der Waals surface area contributed by atoms with Crippen LogP contribution in [0.15, 0.2) is 0 Å². The lowest BCUT2D eigenvalue weighted by molar-refractivity contribution is -0.142. The summed E-state index contributed by atoms with van der Waals surface area (Å²) in [5.74, 6) is 0.692. The molecule has 0 amide bonds. The number of rotatable bonds is 6. The molecule has 0 aromatic rings. The summed E-state index contributed by atoms with van der Waals surface area (Å²) in [4.78, 5) is 11.6. The Labute approximate surface area is 109 Å². The maximum atomic E-state index is 11.6. The Morgan fingerprint density at radius 2 is 2.00 bits per heavy atom. The quantitative estimate of drug-likeness (QED) is 0.744. The van der Waals surface area contributed by atoms with Crippen LogP contribution in [0.1, 0.15) is 46.0 Å². The van der Waals surface area contributed by atoms with Crippen LogP contribution in [0, 0.1) is 0 Å². The molecule has 0 radical (unpaired) electrons. The molecule has 1 aliphatic rings. The normalized spacial score (nSPS) is 19.3. The molecule has 0 aliphatic heterocycles. The number of carbonyl (C=O) groups excluding carboxylic acids is 1. The van der Waals surface area contributed by atoms with Gasteiger partial charge in [-0.3, -0.25) is 4.79 Å². The molecule has 4 heteroatoms. The maximum absolute atomic E-state index is 11.6. The van der Waals surface area contributed by atoms with Gasteiger partial charge in [0.1, 0.15) is 6.04 Å². The molecule has 1 unspecified atom stereocenters. The van der Waals surface area contributed by atoms with Gasteiger partial charge < -0.3 is 10.1 Å². The minimum atomic E-state index is -0.160. The topological polar surface area (TPSA) is 38.3 Å². The Morgan fingerprint density at radius 3 is 2.53 bits per heavy atom. The highest BCUT2D eigenvalue weighted by atomic mass is 32.2. The van der Waals surface area contributed by atoms with E-state index >= 15 is 0 Å². The lowest BCUT2D eigenvalue weighted by Gasteiger charge is -2.24. The molecule has 0 saturated heterocycles. The number of ether oxygens (including phenoxy) is 1. The standard InChI is InChI=1S/C13H25NO2S/c1-10(2)14-12(13(15)16-3)9-17-11-7-5-4-6-8-11/h10-12,14H,4-9H2,1-3H3. The van der Waals surface area contributed by atoms with E-state index in [2.05, 4.69) is 19.2 Å².